The lowest BCUT2D eigenvalue weighted by atomic mass is 10.1. The predicted octanol–water partition coefficient (Wildman–Crippen LogP) is 1.23. The van der Waals surface area contributed by atoms with Crippen molar-refractivity contribution in [1.82, 2.24) is 4.98 Å². The van der Waals surface area contributed by atoms with Gasteiger partial charge in [0.2, 0.25) is 0 Å². The summed E-state index contributed by atoms with van der Waals surface area (Å²) in [5.74, 6) is 0.532. The largest absolute Gasteiger partial charge is 0.495 e. The summed E-state index contributed by atoms with van der Waals surface area (Å²) >= 11 is 3.30. The fourth-order valence-electron chi connectivity index (χ4n) is 1.14. The smallest absolute Gasteiger partial charge is 0.144 e. The molecule has 0 fully saturated rings. The number of halogens is 1. The molecule has 1 aromatic heterocycles. The van der Waals surface area contributed by atoms with Gasteiger partial charge in [-0.15, -0.1) is 0 Å². The average Bonchev–Trinajstić information content (AvgIpc) is 2.16. The molecule has 1 aromatic rings. The third-order valence-corrected chi connectivity index (χ3v) is 2.55. The van der Waals surface area contributed by atoms with Gasteiger partial charge in [-0.2, -0.15) is 0 Å². The molecule has 2 unspecified atom stereocenters. The molecule has 0 saturated heterocycles. The van der Waals surface area contributed by atoms with Crippen molar-refractivity contribution in [3.8, 4) is 5.75 Å². The van der Waals surface area contributed by atoms with Gasteiger partial charge in [-0.1, -0.05) is 0 Å². The molecule has 14 heavy (non-hydrogen) atoms. The zero-order valence-electron chi connectivity index (χ0n) is 8.07. The number of hydrogen-bond acceptors (Lipinski definition) is 4. The molecule has 0 radical (unpaired) electrons. The predicted molar refractivity (Wildman–Crippen MR) is 57.1 cm³/mol. The Morgan fingerprint density at radius 2 is 2.21 bits per heavy atom. The fourth-order valence-corrected chi connectivity index (χ4v) is 1.69. The van der Waals surface area contributed by atoms with Gasteiger partial charge in [0.25, 0.3) is 0 Å². The molecule has 4 nitrogen and oxygen atoms in total. The Bertz CT molecular complexity index is 318. The maximum atomic E-state index is 9.83. The van der Waals surface area contributed by atoms with Crippen molar-refractivity contribution in [3.05, 3.63) is 22.4 Å². The van der Waals surface area contributed by atoms with E-state index in [-0.39, 0.29) is 6.04 Å². The maximum Gasteiger partial charge on any atom is 0.144 e. The molecule has 0 bridgehead atoms. The Labute approximate surface area is 91.2 Å². The van der Waals surface area contributed by atoms with Gasteiger partial charge >= 0.3 is 0 Å². The van der Waals surface area contributed by atoms with Crippen molar-refractivity contribution in [3.63, 3.8) is 0 Å². The monoisotopic (exact) mass is 260 g/mol. The lowest BCUT2D eigenvalue weighted by molar-refractivity contribution is 0.148. The summed E-state index contributed by atoms with van der Waals surface area (Å²) in [5.41, 5.74) is 6.25. The van der Waals surface area contributed by atoms with Crippen LogP contribution in [0.2, 0.25) is 0 Å². The number of aromatic nitrogens is 1. The van der Waals surface area contributed by atoms with Crippen LogP contribution in [0.15, 0.2) is 16.9 Å². The summed E-state index contributed by atoms with van der Waals surface area (Å²) in [6, 6.07) is -0.359. The molecular formula is C9H13BrN2O2. The number of ether oxygens (including phenoxy) is 1. The highest BCUT2D eigenvalue weighted by molar-refractivity contribution is 9.10. The minimum Gasteiger partial charge on any atom is -0.495 e. The molecule has 3 N–H and O–H groups in total. The minimum absolute atomic E-state index is 0.359. The molecule has 0 spiro atoms. The molecule has 5 heteroatoms. The topological polar surface area (TPSA) is 68.4 Å². The first-order valence-electron chi connectivity index (χ1n) is 4.19. The van der Waals surface area contributed by atoms with E-state index in [1.807, 2.05) is 0 Å². The van der Waals surface area contributed by atoms with E-state index in [9.17, 15) is 5.11 Å². The van der Waals surface area contributed by atoms with E-state index in [0.29, 0.717) is 15.8 Å². The third-order valence-electron chi connectivity index (χ3n) is 1.92. The first kappa shape index (κ1) is 11.4. The van der Waals surface area contributed by atoms with Crippen LogP contribution in [0.3, 0.4) is 0 Å². The van der Waals surface area contributed by atoms with Crippen molar-refractivity contribution >= 4 is 15.9 Å². The lowest BCUT2D eigenvalue weighted by Crippen LogP contribution is -2.25. The molecule has 0 aliphatic rings. The summed E-state index contributed by atoms with van der Waals surface area (Å²) in [4.78, 5) is 3.93. The number of aliphatic hydroxyl groups excluding tert-OH is 1. The van der Waals surface area contributed by atoms with Crippen LogP contribution in [0.5, 0.6) is 5.75 Å². The van der Waals surface area contributed by atoms with Crippen molar-refractivity contribution in [1.29, 1.82) is 0 Å². The SMILES string of the molecule is COc1cncc(Br)c1C(O)C(C)N. The van der Waals surface area contributed by atoms with Crippen LogP contribution in [-0.4, -0.2) is 23.2 Å². The number of nitrogens with zero attached hydrogens (tertiary/aromatic N) is 1. The quantitative estimate of drug-likeness (QED) is 0.858. The summed E-state index contributed by atoms with van der Waals surface area (Å²) in [7, 11) is 1.53. The van der Waals surface area contributed by atoms with Gasteiger partial charge in [-0.05, 0) is 22.9 Å². The molecule has 0 aliphatic carbocycles. The van der Waals surface area contributed by atoms with Crippen molar-refractivity contribution in [2.75, 3.05) is 7.11 Å². The highest BCUT2D eigenvalue weighted by Gasteiger charge is 2.20. The maximum absolute atomic E-state index is 9.83. The Morgan fingerprint density at radius 3 is 2.71 bits per heavy atom. The molecule has 78 valence electrons. The van der Waals surface area contributed by atoms with Gasteiger partial charge in [0, 0.05) is 22.3 Å². The summed E-state index contributed by atoms with van der Waals surface area (Å²) in [5, 5.41) is 9.83. The van der Waals surface area contributed by atoms with Gasteiger partial charge < -0.3 is 15.6 Å². The number of aliphatic hydroxyl groups is 1. The molecule has 1 rings (SSSR count). The fraction of sp³-hybridized carbons (Fsp3) is 0.444. The summed E-state index contributed by atoms with van der Waals surface area (Å²) < 4.78 is 5.79. The first-order valence-corrected chi connectivity index (χ1v) is 4.98. The lowest BCUT2D eigenvalue weighted by Gasteiger charge is -2.18. The minimum atomic E-state index is -0.762. The second kappa shape index (κ2) is 4.72. The third kappa shape index (κ3) is 2.23. The van der Waals surface area contributed by atoms with Gasteiger partial charge in [-0.25, -0.2) is 0 Å². The number of nitrogens with two attached hydrogens (primary N) is 1. The first-order chi connectivity index (χ1) is 6.57. The number of hydrogen-bond donors (Lipinski definition) is 2. The Balaban J connectivity index is 3.16. The molecule has 0 saturated carbocycles. The van der Waals surface area contributed by atoms with Crippen molar-refractivity contribution < 1.29 is 9.84 Å². The van der Waals surface area contributed by atoms with Crippen molar-refractivity contribution in [2.45, 2.75) is 19.1 Å². The zero-order chi connectivity index (χ0) is 10.7. The van der Waals surface area contributed by atoms with Crippen molar-refractivity contribution in [2.24, 2.45) is 5.73 Å². The average molecular weight is 261 g/mol. The summed E-state index contributed by atoms with van der Waals surface area (Å²) in [6.07, 6.45) is 2.39. The molecule has 0 amide bonds. The number of pyridine rings is 1. The van der Waals surface area contributed by atoms with E-state index in [0.717, 1.165) is 0 Å². The van der Waals surface area contributed by atoms with Gasteiger partial charge in [0.05, 0.1) is 19.4 Å². The molecular weight excluding hydrogens is 248 g/mol. The molecule has 0 aromatic carbocycles. The summed E-state index contributed by atoms with van der Waals surface area (Å²) in [6.45, 7) is 1.73. The normalized spacial score (nSPS) is 14.9. The van der Waals surface area contributed by atoms with Crippen LogP contribution in [0.25, 0.3) is 0 Å². The number of rotatable bonds is 3. The van der Waals surface area contributed by atoms with Crippen LogP contribution in [0, 0.1) is 0 Å². The van der Waals surface area contributed by atoms with Crippen LogP contribution in [0.1, 0.15) is 18.6 Å². The molecule has 2 atom stereocenters. The van der Waals surface area contributed by atoms with Crippen LogP contribution in [-0.2, 0) is 0 Å². The second-order valence-electron chi connectivity index (χ2n) is 3.04. The van der Waals surface area contributed by atoms with Crippen LogP contribution < -0.4 is 10.5 Å². The number of methoxy groups -OCH3 is 1. The van der Waals surface area contributed by atoms with E-state index in [2.05, 4.69) is 20.9 Å². The zero-order valence-corrected chi connectivity index (χ0v) is 9.65. The van der Waals surface area contributed by atoms with E-state index in [1.165, 1.54) is 7.11 Å². The van der Waals surface area contributed by atoms with Gasteiger partial charge in [-0.3, -0.25) is 4.98 Å². The standard InChI is InChI=1S/C9H13BrN2O2/c1-5(11)9(13)8-6(10)3-12-4-7(8)14-2/h3-5,9,13H,11H2,1-2H3. The Kier molecular flexibility index (Phi) is 3.86. The van der Waals surface area contributed by atoms with Gasteiger partial charge in [0.1, 0.15) is 5.75 Å². The van der Waals surface area contributed by atoms with E-state index in [4.69, 9.17) is 10.5 Å². The van der Waals surface area contributed by atoms with E-state index in [1.54, 1.807) is 19.3 Å². The van der Waals surface area contributed by atoms with E-state index < -0.39 is 6.10 Å². The van der Waals surface area contributed by atoms with E-state index >= 15 is 0 Å². The highest BCUT2D eigenvalue weighted by Crippen LogP contribution is 2.32. The Morgan fingerprint density at radius 1 is 1.57 bits per heavy atom. The molecule has 1 heterocycles. The highest BCUT2D eigenvalue weighted by atomic mass is 79.9. The van der Waals surface area contributed by atoms with Gasteiger partial charge in [0.15, 0.2) is 0 Å². The second-order valence-corrected chi connectivity index (χ2v) is 3.90. The van der Waals surface area contributed by atoms with Crippen LogP contribution >= 0.6 is 15.9 Å². The van der Waals surface area contributed by atoms with Crippen LogP contribution in [0.4, 0.5) is 0 Å². The Hall–Kier alpha value is -0.650. The molecule has 0 aliphatic heterocycles.